The van der Waals surface area contributed by atoms with E-state index in [1.165, 1.54) is 0 Å². The number of ether oxygens (including phenoxy) is 2. The highest BCUT2D eigenvalue weighted by molar-refractivity contribution is 5.90. The molecule has 0 radical (unpaired) electrons. The number of carbonyl (C=O) groups excluding carboxylic acids is 1. The maximum Gasteiger partial charge on any atom is 0.169 e. The average Bonchev–Trinajstić information content (AvgIpc) is 2.32. The van der Waals surface area contributed by atoms with Gasteiger partial charge in [-0.25, -0.2) is 8.78 Å². The molecule has 0 bridgehead atoms. The van der Waals surface area contributed by atoms with E-state index in [4.69, 9.17) is 9.47 Å². The van der Waals surface area contributed by atoms with E-state index in [-0.39, 0.29) is 18.0 Å². The number of rotatable bonds is 4. The quantitative estimate of drug-likeness (QED) is 0.829. The molecule has 3 nitrogen and oxygen atoms in total. The number of hydrogen-bond donors (Lipinski definition) is 0. The molecule has 1 fully saturated rings. The van der Waals surface area contributed by atoms with Crippen LogP contribution in [0.5, 0.6) is 5.75 Å². The van der Waals surface area contributed by atoms with Crippen molar-refractivity contribution >= 4 is 5.78 Å². The van der Waals surface area contributed by atoms with Crippen LogP contribution in [-0.2, 0) is 9.53 Å². The molecule has 0 aromatic heterocycles. The van der Waals surface area contributed by atoms with Crippen molar-refractivity contribution < 1.29 is 23.0 Å². The van der Waals surface area contributed by atoms with Crippen LogP contribution in [0.2, 0.25) is 0 Å². The second-order valence-corrected chi connectivity index (χ2v) is 4.23. The topological polar surface area (TPSA) is 35.5 Å². The molecule has 1 aliphatic rings. The van der Waals surface area contributed by atoms with Gasteiger partial charge in [-0.1, -0.05) is 0 Å². The Bertz CT molecular complexity index is 474. The lowest BCUT2D eigenvalue weighted by molar-refractivity contribution is -0.154. The zero-order valence-electron chi connectivity index (χ0n) is 10.2. The number of Topliss-reactive ketones (excluding diaryl/α,β-unsaturated/α-hetero) is 1. The molecule has 0 amide bonds. The van der Waals surface area contributed by atoms with Crippen molar-refractivity contribution in [3.63, 3.8) is 0 Å². The van der Waals surface area contributed by atoms with E-state index in [0.717, 1.165) is 12.1 Å². The predicted molar refractivity (Wildman–Crippen MR) is 60.5 cm³/mol. The molecule has 2 rings (SSSR count). The minimum absolute atomic E-state index is 0.0258. The van der Waals surface area contributed by atoms with Gasteiger partial charge >= 0.3 is 0 Å². The Morgan fingerprint density at radius 3 is 2.61 bits per heavy atom. The number of ketones is 1. The molecule has 0 spiro atoms. The Labute approximate surface area is 104 Å². The summed E-state index contributed by atoms with van der Waals surface area (Å²) < 4.78 is 36.8. The first-order chi connectivity index (χ1) is 8.52. The van der Waals surface area contributed by atoms with Crippen molar-refractivity contribution in [1.82, 2.24) is 0 Å². The summed E-state index contributed by atoms with van der Waals surface area (Å²) in [6, 6.07) is 2.07. The summed E-state index contributed by atoms with van der Waals surface area (Å²) in [6.45, 7) is 3.81. The molecule has 1 aromatic rings. The third-order valence-corrected chi connectivity index (χ3v) is 2.90. The Hall–Kier alpha value is -1.49. The first kappa shape index (κ1) is 13.0. The zero-order chi connectivity index (χ0) is 13.3. The van der Waals surface area contributed by atoms with Gasteiger partial charge in [0.2, 0.25) is 0 Å². The molecule has 5 heteroatoms. The molecular formula is C13H14F2O3. The van der Waals surface area contributed by atoms with Gasteiger partial charge in [-0.05, 0) is 25.5 Å². The Kier molecular flexibility index (Phi) is 3.61. The van der Waals surface area contributed by atoms with Crippen LogP contribution >= 0.6 is 0 Å². The second kappa shape index (κ2) is 5.02. The van der Waals surface area contributed by atoms with Gasteiger partial charge in [0, 0.05) is 19.1 Å². The van der Waals surface area contributed by atoms with Gasteiger partial charge in [0.15, 0.2) is 23.5 Å². The molecule has 1 aromatic carbocycles. The van der Waals surface area contributed by atoms with Crippen LogP contribution in [-0.4, -0.2) is 24.6 Å². The number of benzene rings is 1. The van der Waals surface area contributed by atoms with Crippen LogP contribution in [0.4, 0.5) is 8.78 Å². The summed E-state index contributed by atoms with van der Waals surface area (Å²) in [5.74, 6) is -1.65. The minimum atomic E-state index is -0.964. The highest BCUT2D eigenvalue weighted by Gasteiger charge is 2.42. The van der Waals surface area contributed by atoms with E-state index < -0.39 is 23.8 Å². The fraction of sp³-hybridized carbons (Fsp3) is 0.462. The van der Waals surface area contributed by atoms with Crippen LogP contribution < -0.4 is 4.74 Å². The third kappa shape index (κ3) is 2.36. The first-order valence-corrected chi connectivity index (χ1v) is 5.79. The van der Waals surface area contributed by atoms with Crippen LogP contribution in [0.25, 0.3) is 0 Å². The van der Waals surface area contributed by atoms with Crippen LogP contribution in [0.1, 0.15) is 18.9 Å². The van der Waals surface area contributed by atoms with Crippen molar-refractivity contribution in [3.8, 4) is 5.75 Å². The highest BCUT2D eigenvalue weighted by atomic mass is 19.2. The van der Waals surface area contributed by atoms with Crippen LogP contribution in [0.3, 0.4) is 0 Å². The van der Waals surface area contributed by atoms with Crippen molar-refractivity contribution in [1.29, 1.82) is 0 Å². The van der Waals surface area contributed by atoms with Gasteiger partial charge in [0.05, 0.1) is 0 Å². The second-order valence-electron chi connectivity index (χ2n) is 4.23. The lowest BCUT2D eigenvalue weighted by Gasteiger charge is -2.34. The SMILES string of the molecule is CCOC1C(=O)CC1Oc1cc(F)c(F)cc1C. The maximum atomic E-state index is 13.1. The maximum absolute atomic E-state index is 13.1. The van der Waals surface area contributed by atoms with Crippen molar-refractivity contribution in [2.24, 2.45) is 0 Å². The van der Waals surface area contributed by atoms with E-state index in [1.54, 1.807) is 13.8 Å². The lowest BCUT2D eigenvalue weighted by atomic mass is 9.90. The smallest absolute Gasteiger partial charge is 0.169 e. The summed E-state index contributed by atoms with van der Waals surface area (Å²) in [7, 11) is 0. The molecule has 2 unspecified atom stereocenters. The Morgan fingerprint density at radius 1 is 1.33 bits per heavy atom. The third-order valence-electron chi connectivity index (χ3n) is 2.90. The standard InChI is InChI=1S/C13H14F2O3/c1-3-17-13-10(16)6-12(13)18-11-5-9(15)8(14)4-7(11)2/h4-5,12-13H,3,6H2,1-2H3. The molecule has 0 N–H and O–H groups in total. The van der Waals surface area contributed by atoms with Crippen molar-refractivity contribution in [3.05, 3.63) is 29.3 Å². The first-order valence-electron chi connectivity index (χ1n) is 5.79. The van der Waals surface area contributed by atoms with E-state index in [0.29, 0.717) is 12.2 Å². The summed E-state index contributed by atoms with van der Waals surface area (Å²) in [5, 5.41) is 0. The molecular weight excluding hydrogens is 242 g/mol. The predicted octanol–water partition coefficient (Wildman–Crippen LogP) is 2.40. The number of halogens is 2. The molecule has 0 heterocycles. The van der Waals surface area contributed by atoms with Gasteiger partial charge < -0.3 is 9.47 Å². The fourth-order valence-corrected chi connectivity index (χ4v) is 1.87. The minimum Gasteiger partial charge on any atom is -0.486 e. The summed E-state index contributed by atoms with van der Waals surface area (Å²) in [5.41, 5.74) is 0.489. The van der Waals surface area contributed by atoms with Gasteiger partial charge in [0.1, 0.15) is 11.9 Å². The van der Waals surface area contributed by atoms with Gasteiger partial charge in [-0.15, -0.1) is 0 Å². The largest absolute Gasteiger partial charge is 0.486 e. The molecule has 98 valence electrons. The summed E-state index contributed by atoms with van der Waals surface area (Å²) in [4.78, 5) is 11.3. The molecule has 0 aliphatic heterocycles. The van der Waals surface area contributed by atoms with Crippen LogP contribution in [0.15, 0.2) is 12.1 Å². The van der Waals surface area contributed by atoms with Crippen molar-refractivity contribution in [2.75, 3.05) is 6.61 Å². The average molecular weight is 256 g/mol. The van der Waals surface area contributed by atoms with Gasteiger partial charge in [-0.3, -0.25) is 4.79 Å². The van der Waals surface area contributed by atoms with Crippen LogP contribution in [0, 0.1) is 18.6 Å². The molecule has 1 saturated carbocycles. The lowest BCUT2D eigenvalue weighted by Crippen LogP contribution is -2.52. The van der Waals surface area contributed by atoms with E-state index in [1.807, 2.05) is 0 Å². The molecule has 0 saturated heterocycles. The number of hydrogen-bond acceptors (Lipinski definition) is 3. The summed E-state index contributed by atoms with van der Waals surface area (Å²) >= 11 is 0. The number of aryl methyl sites for hydroxylation is 1. The zero-order valence-corrected chi connectivity index (χ0v) is 10.2. The normalized spacial score (nSPS) is 22.8. The fourth-order valence-electron chi connectivity index (χ4n) is 1.87. The van der Waals surface area contributed by atoms with Gasteiger partial charge in [0.25, 0.3) is 0 Å². The van der Waals surface area contributed by atoms with E-state index >= 15 is 0 Å². The van der Waals surface area contributed by atoms with E-state index in [9.17, 15) is 13.6 Å². The van der Waals surface area contributed by atoms with Gasteiger partial charge in [-0.2, -0.15) is 0 Å². The highest BCUT2D eigenvalue weighted by Crippen LogP contribution is 2.29. The Balaban J connectivity index is 2.10. The number of carbonyl (C=O) groups is 1. The molecule has 18 heavy (non-hydrogen) atoms. The monoisotopic (exact) mass is 256 g/mol. The summed E-state index contributed by atoms with van der Waals surface area (Å²) in [6.07, 6.45) is -0.771. The Morgan fingerprint density at radius 2 is 2.00 bits per heavy atom. The molecule has 2 atom stereocenters. The van der Waals surface area contributed by atoms with E-state index in [2.05, 4.69) is 0 Å². The van der Waals surface area contributed by atoms with Crippen molar-refractivity contribution in [2.45, 2.75) is 32.5 Å². The molecule has 1 aliphatic carbocycles.